The summed E-state index contributed by atoms with van der Waals surface area (Å²) in [5.41, 5.74) is -0.365. The third kappa shape index (κ3) is 3.98. The van der Waals surface area contributed by atoms with Crippen molar-refractivity contribution < 1.29 is 22.3 Å². The van der Waals surface area contributed by atoms with E-state index < -0.39 is 21.7 Å². The van der Waals surface area contributed by atoms with Crippen LogP contribution in [0.3, 0.4) is 0 Å². The average molecular weight is 369 g/mol. The third-order valence-electron chi connectivity index (χ3n) is 2.54. The molecule has 1 amide bonds. The Bertz CT molecular complexity index is 621. The van der Waals surface area contributed by atoms with Gasteiger partial charge in [-0.05, 0) is 28.1 Å². The van der Waals surface area contributed by atoms with Crippen molar-refractivity contribution in [1.82, 2.24) is 4.90 Å². The van der Waals surface area contributed by atoms with Gasteiger partial charge >= 0.3 is 0 Å². The molecule has 0 bridgehead atoms. The summed E-state index contributed by atoms with van der Waals surface area (Å²) in [6, 6.07) is 1.82. The van der Waals surface area contributed by atoms with Crippen LogP contribution in [-0.4, -0.2) is 46.5 Å². The maximum Gasteiger partial charge on any atom is 0.256 e. The van der Waals surface area contributed by atoms with Crippen LogP contribution >= 0.6 is 15.9 Å². The van der Waals surface area contributed by atoms with Crippen molar-refractivity contribution in [3.8, 4) is 0 Å². The Labute approximate surface area is 124 Å². The number of hydrogen-bond donors (Lipinski definition) is 1. The van der Waals surface area contributed by atoms with Gasteiger partial charge in [-0.25, -0.2) is 17.9 Å². The molecule has 1 rings (SSSR count). The molecule has 2 N–H and O–H groups in total. The summed E-state index contributed by atoms with van der Waals surface area (Å²) < 4.78 is 41.3. The molecule has 0 spiro atoms. The summed E-state index contributed by atoms with van der Waals surface area (Å²) >= 11 is 2.90. The maximum absolute atomic E-state index is 13.8. The molecular weight excluding hydrogens is 355 g/mol. The molecule has 0 aromatic heterocycles. The zero-order valence-electron chi connectivity index (χ0n) is 10.9. The van der Waals surface area contributed by atoms with E-state index in [1.807, 2.05) is 0 Å². The minimum atomic E-state index is -4.06. The molecule has 0 saturated carbocycles. The second-order valence-electron chi connectivity index (χ2n) is 4.03. The number of ether oxygens (including phenoxy) is 1. The largest absolute Gasteiger partial charge is 0.383 e. The SMILES string of the molecule is COCCN(C)C(=O)c1cc(S(N)(=O)=O)c(Br)cc1F. The summed E-state index contributed by atoms with van der Waals surface area (Å²) in [6.45, 7) is 0.526. The van der Waals surface area contributed by atoms with Crippen LogP contribution < -0.4 is 5.14 Å². The van der Waals surface area contributed by atoms with Crippen LogP contribution in [0.1, 0.15) is 10.4 Å². The van der Waals surface area contributed by atoms with Gasteiger partial charge in [0.25, 0.3) is 5.91 Å². The van der Waals surface area contributed by atoms with Gasteiger partial charge in [-0.1, -0.05) is 0 Å². The molecule has 0 heterocycles. The second kappa shape index (κ2) is 6.61. The average Bonchev–Trinajstić information content (AvgIpc) is 2.33. The number of nitrogens with two attached hydrogens (primary N) is 1. The van der Waals surface area contributed by atoms with Crippen LogP contribution in [0.5, 0.6) is 0 Å². The van der Waals surface area contributed by atoms with Crippen LogP contribution in [0.4, 0.5) is 4.39 Å². The van der Waals surface area contributed by atoms with Gasteiger partial charge in [0.05, 0.1) is 17.1 Å². The zero-order valence-corrected chi connectivity index (χ0v) is 13.3. The number of carbonyl (C=O) groups is 1. The number of halogens is 2. The minimum Gasteiger partial charge on any atom is -0.383 e. The minimum absolute atomic E-state index is 0.0337. The smallest absolute Gasteiger partial charge is 0.256 e. The van der Waals surface area contributed by atoms with Crippen LogP contribution in [0.2, 0.25) is 0 Å². The number of benzene rings is 1. The van der Waals surface area contributed by atoms with E-state index >= 15 is 0 Å². The first-order valence-corrected chi connectivity index (χ1v) is 7.78. The number of nitrogens with zero attached hydrogens (tertiary/aromatic N) is 1. The van der Waals surface area contributed by atoms with Crippen molar-refractivity contribution in [2.24, 2.45) is 5.14 Å². The highest BCUT2D eigenvalue weighted by molar-refractivity contribution is 9.10. The van der Waals surface area contributed by atoms with Gasteiger partial charge in [0.1, 0.15) is 5.82 Å². The van der Waals surface area contributed by atoms with Gasteiger partial charge < -0.3 is 9.64 Å². The first kappa shape index (κ1) is 17.0. The first-order chi connectivity index (χ1) is 9.18. The summed E-state index contributed by atoms with van der Waals surface area (Å²) in [7, 11) is -1.13. The Morgan fingerprint density at radius 3 is 2.60 bits per heavy atom. The number of primary sulfonamides is 1. The van der Waals surface area contributed by atoms with Crippen molar-refractivity contribution in [3.63, 3.8) is 0 Å². The summed E-state index contributed by atoms with van der Waals surface area (Å²) in [5.74, 6) is -1.49. The van der Waals surface area contributed by atoms with Gasteiger partial charge in [-0.3, -0.25) is 4.79 Å². The van der Waals surface area contributed by atoms with Gasteiger partial charge in [-0.15, -0.1) is 0 Å². The Balaban J connectivity index is 3.22. The number of carbonyl (C=O) groups excluding carboxylic acids is 1. The van der Waals surface area contributed by atoms with E-state index in [0.29, 0.717) is 0 Å². The number of amides is 1. The lowest BCUT2D eigenvalue weighted by atomic mass is 10.2. The number of sulfonamides is 1. The molecule has 1 aromatic carbocycles. The van der Waals surface area contributed by atoms with E-state index in [-0.39, 0.29) is 28.1 Å². The fourth-order valence-corrected chi connectivity index (χ4v) is 3.05. The molecule has 20 heavy (non-hydrogen) atoms. The Hall–Kier alpha value is -1.03. The van der Waals surface area contributed by atoms with Gasteiger partial charge in [0.2, 0.25) is 10.0 Å². The molecule has 9 heteroatoms. The van der Waals surface area contributed by atoms with E-state index in [2.05, 4.69) is 15.9 Å². The highest BCUT2D eigenvalue weighted by Gasteiger charge is 2.22. The van der Waals surface area contributed by atoms with E-state index in [1.54, 1.807) is 0 Å². The zero-order chi connectivity index (χ0) is 15.5. The lowest BCUT2D eigenvalue weighted by molar-refractivity contribution is 0.0739. The van der Waals surface area contributed by atoms with E-state index in [4.69, 9.17) is 9.88 Å². The van der Waals surface area contributed by atoms with E-state index in [0.717, 1.165) is 12.1 Å². The monoisotopic (exact) mass is 368 g/mol. The Kier molecular flexibility index (Phi) is 5.63. The van der Waals surface area contributed by atoms with Crippen molar-refractivity contribution in [3.05, 3.63) is 28.0 Å². The van der Waals surface area contributed by atoms with Gasteiger partial charge in [-0.2, -0.15) is 0 Å². The van der Waals surface area contributed by atoms with Crippen molar-refractivity contribution in [1.29, 1.82) is 0 Å². The third-order valence-corrected chi connectivity index (χ3v) is 4.41. The number of methoxy groups -OCH3 is 1. The fourth-order valence-electron chi connectivity index (χ4n) is 1.45. The second-order valence-corrected chi connectivity index (χ2v) is 6.41. The number of hydrogen-bond acceptors (Lipinski definition) is 4. The number of rotatable bonds is 5. The van der Waals surface area contributed by atoms with Crippen LogP contribution in [0.15, 0.2) is 21.5 Å². The predicted octanol–water partition coefficient (Wildman–Crippen LogP) is 0.954. The summed E-state index contributed by atoms with van der Waals surface area (Å²) in [6.07, 6.45) is 0. The first-order valence-electron chi connectivity index (χ1n) is 5.44. The molecule has 0 aliphatic carbocycles. The van der Waals surface area contributed by atoms with Gasteiger partial charge in [0, 0.05) is 25.2 Å². The van der Waals surface area contributed by atoms with Crippen LogP contribution in [0, 0.1) is 5.82 Å². The molecule has 0 aliphatic rings. The fraction of sp³-hybridized carbons (Fsp3) is 0.364. The standard InChI is InChI=1S/C11H14BrFN2O4S/c1-15(3-4-19-2)11(16)7-5-10(20(14,17)18)8(12)6-9(7)13/h5-6H,3-4H2,1-2H3,(H2,14,17,18). The molecule has 0 atom stereocenters. The summed E-state index contributed by atoms with van der Waals surface area (Å²) in [5, 5.41) is 5.01. The molecule has 112 valence electrons. The molecular formula is C11H14BrFN2O4S. The molecule has 6 nitrogen and oxygen atoms in total. The normalized spacial score (nSPS) is 11.4. The van der Waals surface area contributed by atoms with Crippen molar-refractivity contribution >= 4 is 31.9 Å². The molecule has 0 radical (unpaired) electrons. The lowest BCUT2D eigenvalue weighted by Crippen LogP contribution is -2.31. The van der Waals surface area contributed by atoms with Crippen LogP contribution in [-0.2, 0) is 14.8 Å². The molecule has 0 unspecified atom stereocenters. The Morgan fingerprint density at radius 1 is 1.50 bits per heavy atom. The van der Waals surface area contributed by atoms with Crippen molar-refractivity contribution in [2.45, 2.75) is 4.90 Å². The molecule has 0 saturated heterocycles. The quantitative estimate of drug-likeness (QED) is 0.837. The topological polar surface area (TPSA) is 89.7 Å². The molecule has 0 fully saturated rings. The van der Waals surface area contributed by atoms with Crippen LogP contribution in [0.25, 0.3) is 0 Å². The number of likely N-dealkylation sites (N-methyl/N-ethyl adjacent to an activating group) is 1. The Morgan fingerprint density at radius 2 is 2.10 bits per heavy atom. The van der Waals surface area contributed by atoms with E-state index in [1.165, 1.54) is 19.1 Å². The van der Waals surface area contributed by atoms with Gasteiger partial charge in [0.15, 0.2) is 0 Å². The van der Waals surface area contributed by atoms with Crippen molar-refractivity contribution in [2.75, 3.05) is 27.3 Å². The highest BCUT2D eigenvalue weighted by atomic mass is 79.9. The molecule has 1 aromatic rings. The molecule has 0 aliphatic heterocycles. The lowest BCUT2D eigenvalue weighted by Gasteiger charge is -2.17. The highest BCUT2D eigenvalue weighted by Crippen LogP contribution is 2.25. The predicted molar refractivity (Wildman–Crippen MR) is 74.3 cm³/mol. The maximum atomic E-state index is 13.8. The van der Waals surface area contributed by atoms with E-state index in [9.17, 15) is 17.6 Å². The summed E-state index contributed by atoms with van der Waals surface area (Å²) in [4.78, 5) is 12.9.